The highest BCUT2D eigenvalue weighted by Gasteiger charge is 2.12. The summed E-state index contributed by atoms with van der Waals surface area (Å²) in [5, 5.41) is 2.42. The Morgan fingerprint density at radius 3 is 2.62 bits per heavy atom. The van der Waals surface area contributed by atoms with E-state index in [1.807, 2.05) is 18.2 Å². The van der Waals surface area contributed by atoms with Crippen LogP contribution in [0.2, 0.25) is 0 Å². The highest BCUT2D eigenvalue weighted by atomic mass is 16.5. The average molecular weight is 209 g/mol. The summed E-state index contributed by atoms with van der Waals surface area (Å²) in [6.45, 7) is 4.28. The Bertz CT molecular complexity index is 598. The number of hydrogen-bond donors (Lipinski definition) is 0. The molecule has 0 fully saturated rings. The van der Waals surface area contributed by atoms with Gasteiger partial charge in [-0.3, -0.25) is 0 Å². The minimum atomic E-state index is 0.502. The summed E-state index contributed by atoms with van der Waals surface area (Å²) in [6, 6.07) is 14.4. The van der Waals surface area contributed by atoms with Crippen molar-refractivity contribution in [1.82, 2.24) is 0 Å². The van der Waals surface area contributed by atoms with Gasteiger partial charge in [-0.1, -0.05) is 36.9 Å². The van der Waals surface area contributed by atoms with E-state index in [0.29, 0.717) is 12.5 Å². The van der Waals surface area contributed by atoms with Crippen LogP contribution in [0.5, 0.6) is 0 Å². The Hall–Kier alpha value is -2.09. The van der Waals surface area contributed by atoms with Crippen LogP contribution in [0, 0.1) is 0 Å². The van der Waals surface area contributed by atoms with Gasteiger partial charge in [0.25, 0.3) is 0 Å². The summed E-state index contributed by atoms with van der Waals surface area (Å²) in [6.07, 6.45) is 0. The lowest BCUT2D eigenvalue weighted by atomic mass is 10.1. The number of hydrogen-bond acceptors (Lipinski definition) is 2. The molecule has 0 aliphatic carbocycles. The largest absolute Gasteiger partial charge is 0.471 e. The minimum Gasteiger partial charge on any atom is -0.471 e. The molecule has 2 aromatic rings. The lowest BCUT2D eigenvalue weighted by molar-refractivity contribution is 0.364. The third-order valence-electron chi connectivity index (χ3n) is 2.63. The Kier molecular flexibility index (Phi) is 2.00. The standard InChI is InChI=1S/C14H11NO/c1-10-9-16-14(15-10)13-7-6-11-4-2-3-5-12(11)8-13/h2-8H,1,9H2. The van der Waals surface area contributed by atoms with Crippen LogP contribution in [-0.4, -0.2) is 12.5 Å². The monoisotopic (exact) mass is 209 g/mol. The van der Waals surface area contributed by atoms with Crippen LogP contribution in [0.15, 0.2) is 59.7 Å². The molecule has 0 unspecified atom stereocenters. The van der Waals surface area contributed by atoms with Crippen LogP contribution < -0.4 is 0 Å². The lowest BCUT2D eigenvalue weighted by Crippen LogP contribution is -2.00. The zero-order valence-electron chi connectivity index (χ0n) is 8.81. The first-order valence-corrected chi connectivity index (χ1v) is 5.21. The smallest absolute Gasteiger partial charge is 0.221 e. The maximum Gasteiger partial charge on any atom is 0.221 e. The van der Waals surface area contributed by atoms with Gasteiger partial charge in [-0.15, -0.1) is 0 Å². The predicted molar refractivity (Wildman–Crippen MR) is 65.6 cm³/mol. The van der Waals surface area contributed by atoms with Gasteiger partial charge < -0.3 is 4.74 Å². The van der Waals surface area contributed by atoms with E-state index in [0.717, 1.165) is 11.3 Å². The van der Waals surface area contributed by atoms with Crippen molar-refractivity contribution in [2.24, 2.45) is 4.99 Å². The van der Waals surface area contributed by atoms with Crippen molar-refractivity contribution >= 4 is 16.7 Å². The SMILES string of the molecule is C=C1COC(c2ccc3ccccc3c2)=N1. The molecule has 2 aromatic carbocycles. The first-order valence-electron chi connectivity index (χ1n) is 5.21. The quantitative estimate of drug-likeness (QED) is 0.707. The summed E-state index contributed by atoms with van der Waals surface area (Å²) in [7, 11) is 0. The van der Waals surface area contributed by atoms with E-state index in [-0.39, 0.29) is 0 Å². The maximum atomic E-state index is 5.45. The number of aliphatic imine (C=N–C) groups is 1. The number of nitrogens with zero attached hydrogens (tertiary/aromatic N) is 1. The van der Waals surface area contributed by atoms with Crippen molar-refractivity contribution in [2.75, 3.05) is 6.61 Å². The fraction of sp³-hybridized carbons (Fsp3) is 0.0714. The van der Waals surface area contributed by atoms with Gasteiger partial charge in [0.2, 0.25) is 5.90 Å². The Morgan fingerprint density at radius 2 is 1.88 bits per heavy atom. The first kappa shape index (κ1) is 9.16. The zero-order valence-corrected chi connectivity index (χ0v) is 8.81. The molecule has 2 heteroatoms. The van der Waals surface area contributed by atoms with E-state index in [9.17, 15) is 0 Å². The topological polar surface area (TPSA) is 21.6 Å². The average Bonchev–Trinajstić information content (AvgIpc) is 2.75. The van der Waals surface area contributed by atoms with Gasteiger partial charge in [-0.25, -0.2) is 4.99 Å². The Balaban J connectivity index is 2.12. The molecule has 1 aliphatic heterocycles. The summed E-state index contributed by atoms with van der Waals surface area (Å²) < 4.78 is 5.45. The van der Waals surface area contributed by atoms with Gasteiger partial charge in [-0.2, -0.15) is 0 Å². The molecule has 3 rings (SSSR count). The third kappa shape index (κ3) is 1.48. The van der Waals surface area contributed by atoms with E-state index < -0.39 is 0 Å². The van der Waals surface area contributed by atoms with Crippen molar-refractivity contribution in [3.05, 3.63) is 60.3 Å². The molecule has 0 atom stereocenters. The molecule has 0 saturated heterocycles. The van der Waals surface area contributed by atoms with Gasteiger partial charge in [0.05, 0.1) is 5.70 Å². The second-order valence-electron chi connectivity index (χ2n) is 3.83. The first-order chi connectivity index (χ1) is 7.83. The van der Waals surface area contributed by atoms with Gasteiger partial charge in [-0.05, 0) is 22.9 Å². The van der Waals surface area contributed by atoms with Crippen LogP contribution in [0.1, 0.15) is 5.56 Å². The van der Waals surface area contributed by atoms with Crippen LogP contribution >= 0.6 is 0 Å². The maximum absolute atomic E-state index is 5.45. The summed E-state index contributed by atoms with van der Waals surface area (Å²) >= 11 is 0. The zero-order chi connectivity index (χ0) is 11.0. The summed E-state index contributed by atoms with van der Waals surface area (Å²) in [5.74, 6) is 0.677. The van der Waals surface area contributed by atoms with Crippen molar-refractivity contribution in [2.45, 2.75) is 0 Å². The Morgan fingerprint density at radius 1 is 1.06 bits per heavy atom. The van der Waals surface area contributed by atoms with E-state index in [2.05, 4.69) is 35.8 Å². The van der Waals surface area contributed by atoms with E-state index in [1.165, 1.54) is 10.8 Å². The van der Waals surface area contributed by atoms with Gasteiger partial charge in [0, 0.05) is 5.56 Å². The number of ether oxygens (including phenoxy) is 1. The highest BCUT2D eigenvalue weighted by molar-refractivity contribution is 5.99. The molecule has 0 amide bonds. The fourth-order valence-electron chi connectivity index (χ4n) is 1.83. The lowest BCUT2D eigenvalue weighted by Gasteiger charge is -2.03. The molecule has 0 aromatic heterocycles. The molecule has 0 saturated carbocycles. The predicted octanol–water partition coefficient (Wildman–Crippen LogP) is 3.13. The molecule has 0 N–H and O–H groups in total. The molecular formula is C14H11NO. The third-order valence-corrected chi connectivity index (χ3v) is 2.63. The van der Waals surface area contributed by atoms with E-state index >= 15 is 0 Å². The molecule has 0 bridgehead atoms. The summed E-state index contributed by atoms with van der Waals surface area (Å²) in [5.41, 5.74) is 1.79. The molecule has 1 aliphatic rings. The van der Waals surface area contributed by atoms with Crippen LogP contribution in [0.25, 0.3) is 10.8 Å². The molecule has 0 radical (unpaired) electrons. The second-order valence-corrected chi connectivity index (χ2v) is 3.83. The molecule has 0 spiro atoms. The molecular weight excluding hydrogens is 198 g/mol. The van der Waals surface area contributed by atoms with Gasteiger partial charge >= 0.3 is 0 Å². The summed E-state index contributed by atoms with van der Waals surface area (Å²) in [4.78, 5) is 4.27. The van der Waals surface area contributed by atoms with Gasteiger partial charge in [0.1, 0.15) is 6.61 Å². The van der Waals surface area contributed by atoms with Crippen LogP contribution in [0.3, 0.4) is 0 Å². The molecule has 2 nitrogen and oxygen atoms in total. The Labute approximate surface area is 93.9 Å². The van der Waals surface area contributed by atoms with Crippen molar-refractivity contribution in [3.63, 3.8) is 0 Å². The van der Waals surface area contributed by atoms with Crippen molar-refractivity contribution in [1.29, 1.82) is 0 Å². The van der Waals surface area contributed by atoms with E-state index in [1.54, 1.807) is 0 Å². The van der Waals surface area contributed by atoms with Crippen LogP contribution in [0.4, 0.5) is 0 Å². The van der Waals surface area contributed by atoms with E-state index in [4.69, 9.17) is 4.74 Å². The molecule has 16 heavy (non-hydrogen) atoms. The normalized spacial score (nSPS) is 15.0. The minimum absolute atomic E-state index is 0.502. The number of rotatable bonds is 1. The van der Waals surface area contributed by atoms with Crippen molar-refractivity contribution < 1.29 is 4.74 Å². The fourth-order valence-corrected chi connectivity index (χ4v) is 1.83. The second kappa shape index (κ2) is 3.49. The molecule has 78 valence electrons. The van der Waals surface area contributed by atoms with Gasteiger partial charge in [0.15, 0.2) is 0 Å². The highest BCUT2D eigenvalue weighted by Crippen LogP contribution is 2.19. The molecule has 1 heterocycles. The van der Waals surface area contributed by atoms with Crippen LogP contribution in [-0.2, 0) is 4.74 Å². The number of benzene rings is 2. The van der Waals surface area contributed by atoms with Crippen molar-refractivity contribution in [3.8, 4) is 0 Å². The number of fused-ring (bicyclic) bond motifs is 1.